The normalized spacial score (nSPS) is 18.0. The molecule has 1 saturated heterocycles. The maximum atomic E-state index is 10.3. The number of guanidine groups is 1. The van der Waals surface area contributed by atoms with Gasteiger partial charge in [0.15, 0.2) is 5.96 Å². The number of benzene rings is 1. The van der Waals surface area contributed by atoms with Crippen molar-refractivity contribution < 1.29 is 14.6 Å². The second kappa shape index (κ2) is 7.67. The number of rotatable bonds is 5. The summed E-state index contributed by atoms with van der Waals surface area (Å²) in [6.07, 6.45) is 1.86. The summed E-state index contributed by atoms with van der Waals surface area (Å²) >= 11 is 6.05. The minimum Gasteiger partial charge on any atom is -0.495 e. The highest BCUT2D eigenvalue weighted by atomic mass is 35.5. The van der Waals surface area contributed by atoms with Gasteiger partial charge in [-0.1, -0.05) is 11.6 Å². The van der Waals surface area contributed by atoms with Gasteiger partial charge in [-0.05, 0) is 37.5 Å². The summed E-state index contributed by atoms with van der Waals surface area (Å²) < 4.78 is 10.3. The molecule has 2 rings (SSSR count). The first-order chi connectivity index (χ1) is 10.5. The van der Waals surface area contributed by atoms with Crippen molar-refractivity contribution >= 4 is 23.2 Å². The van der Waals surface area contributed by atoms with Crippen molar-refractivity contribution in [1.29, 1.82) is 0 Å². The van der Waals surface area contributed by atoms with E-state index in [0.717, 1.165) is 5.69 Å². The lowest BCUT2D eigenvalue weighted by molar-refractivity contribution is -0.0662. The minimum absolute atomic E-state index is 0.289. The lowest BCUT2D eigenvalue weighted by Gasteiger charge is -2.31. The molecule has 7 heteroatoms. The number of nitrogens with zero attached hydrogens (tertiary/aromatic N) is 1. The molecule has 0 bridgehead atoms. The van der Waals surface area contributed by atoms with Crippen LogP contribution in [0.3, 0.4) is 0 Å². The Bertz CT molecular complexity index is 531. The van der Waals surface area contributed by atoms with Crippen LogP contribution < -0.4 is 15.8 Å². The van der Waals surface area contributed by atoms with Crippen LogP contribution in [0, 0.1) is 0 Å². The first-order valence-electron chi connectivity index (χ1n) is 7.23. The highest BCUT2D eigenvalue weighted by molar-refractivity contribution is 6.32. The Balaban J connectivity index is 1.86. The van der Waals surface area contributed by atoms with Gasteiger partial charge >= 0.3 is 0 Å². The van der Waals surface area contributed by atoms with Crippen molar-refractivity contribution in [1.82, 2.24) is 0 Å². The van der Waals surface area contributed by atoms with Crippen molar-refractivity contribution in [2.45, 2.75) is 24.9 Å². The van der Waals surface area contributed by atoms with Crippen molar-refractivity contribution in [2.75, 3.05) is 32.2 Å². The fourth-order valence-electron chi connectivity index (χ4n) is 2.32. The van der Waals surface area contributed by atoms with E-state index in [-0.39, 0.29) is 5.96 Å². The van der Waals surface area contributed by atoms with E-state index >= 15 is 0 Å². The number of hydrogen-bond donors (Lipinski definition) is 3. The van der Waals surface area contributed by atoms with Gasteiger partial charge in [-0.3, -0.25) is 4.99 Å². The van der Waals surface area contributed by atoms with Crippen LogP contribution in [0.15, 0.2) is 23.2 Å². The quantitative estimate of drug-likeness (QED) is 0.568. The van der Waals surface area contributed by atoms with E-state index in [9.17, 15) is 5.11 Å². The lowest BCUT2D eigenvalue weighted by Crippen LogP contribution is -2.37. The predicted octanol–water partition coefficient (Wildman–Crippen LogP) is 2.01. The van der Waals surface area contributed by atoms with Crippen molar-refractivity contribution in [3.8, 4) is 5.75 Å². The number of nitrogens with one attached hydrogen (secondary N) is 1. The zero-order valence-electron chi connectivity index (χ0n) is 12.6. The fraction of sp³-hybridized carbons (Fsp3) is 0.533. The van der Waals surface area contributed by atoms with Gasteiger partial charge in [0.2, 0.25) is 0 Å². The molecule has 0 radical (unpaired) electrons. The first kappa shape index (κ1) is 16.9. The van der Waals surface area contributed by atoms with E-state index in [1.165, 1.54) is 0 Å². The standard InChI is InChI=1S/C15H22ClN3O3/c1-21-13-3-2-11(10-12(13)16)19-14(17)18-7-4-15(20)5-8-22-9-6-15/h2-3,10,20H,4-9H2,1H3,(H3,17,18,19). The van der Waals surface area contributed by atoms with E-state index < -0.39 is 5.60 Å². The molecule has 1 aliphatic heterocycles. The molecule has 0 aliphatic carbocycles. The van der Waals surface area contributed by atoms with Gasteiger partial charge in [-0.25, -0.2) is 0 Å². The van der Waals surface area contributed by atoms with Crippen LogP contribution in [-0.2, 0) is 4.74 Å². The summed E-state index contributed by atoms with van der Waals surface area (Å²) in [5, 5.41) is 13.8. The smallest absolute Gasteiger partial charge is 0.193 e. The van der Waals surface area contributed by atoms with Crippen LogP contribution in [0.2, 0.25) is 5.02 Å². The van der Waals surface area contributed by atoms with Crippen molar-refractivity contribution in [3.05, 3.63) is 23.2 Å². The number of hydrogen-bond acceptors (Lipinski definition) is 4. The summed E-state index contributed by atoms with van der Waals surface area (Å²) in [7, 11) is 1.56. The van der Waals surface area contributed by atoms with Crippen LogP contribution in [0.1, 0.15) is 19.3 Å². The van der Waals surface area contributed by atoms with E-state index in [1.54, 1.807) is 25.3 Å². The maximum Gasteiger partial charge on any atom is 0.193 e. The van der Waals surface area contributed by atoms with Gasteiger partial charge in [0.25, 0.3) is 0 Å². The monoisotopic (exact) mass is 327 g/mol. The Labute approximate surface area is 135 Å². The molecular formula is C15H22ClN3O3. The highest BCUT2D eigenvalue weighted by Crippen LogP contribution is 2.27. The van der Waals surface area contributed by atoms with Crippen LogP contribution in [-0.4, -0.2) is 43.5 Å². The molecule has 1 aromatic carbocycles. The van der Waals surface area contributed by atoms with Crippen LogP contribution in [0.25, 0.3) is 0 Å². The molecule has 1 aromatic rings. The molecule has 1 heterocycles. The van der Waals surface area contributed by atoms with E-state index in [4.69, 9.17) is 26.8 Å². The summed E-state index contributed by atoms with van der Waals surface area (Å²) in [5.74, 6) is 0.890. The fourth-order valence-corrected chi connectivity index (χ4v) is 2.58. The van der Waals surface area contributed by atoms with Gasteiger partial charge in [0, 0.05) is 25.4 Å². The third-order valence-electron chi connectivity index (χ3n) is 3.71. The molecule has 0 spiro atoms. The number of aliphatic hydroxyl groups is 1. The molecule has 4 N–H and O–H groups in total. The SMILES string of the molecule is COc1ccc(NC(N)=NCCC2(O)CCOCC2)cc1Cl. The Morgan fingerprint density at radius 1 is 1.50 bits per heavy atom. The van der Waals surface area contributed by atoms with Crippen molar-refractivity contribution in [2.24, 2.45) is 10.7 Å². The summed E-state index contributed by atoms with van der Waals surface area (Å²) in [6.45, 7) is 1.65. The molecule has 1 fully saturated rings. The summed E-state index contributed by atoms with van der Waals surface area (Å²) in [6, 6.07) is 5.27. The second-order valence-corrected chi connectivity index (χ2v) is 5.74. The number of methoxy groups -OCH3 is 1. The molecular weight excluding hydrogens is 306 g/mol. The summed E-state index contributed by atoms with van der Waals surface area (Å²) in [5.41, 5.74) is 5.89. The van der Waals surface area contributed by atoms with E-state index in [0.29, 0.717) is 49.8 Å². The van der Waals surface area contributed by atoms with Crippen LogP contribution >= 0.6 is 11.6 Å². The zero-order valence-corrected chi connectivity index (χ0v) is 13.4. The van der Waals surface area contributed by atoms with Crippen LogP contribution in [0.4, 0.5) is 5.69 Å². The number of halogens is 1. The Kier molecular flexibility index (Phi) is 5.88. The summed E-state index contributed by atoms with van der Waals surface area (Å²) in [4.78, 5) is 4.24. The number of nitrogens with two attached hydrogens (primary N) is 1. The van der Waals surface area contributed by atoms with Gasteiger partial charge < -0.3 is 25.6 Å². The molecule has 0 amide bonds. The molecule has 0 unspecified atom stereocenters. The first-order valence-corrected chi connectivity index (χ1v) is 7.61. The average Bonchev–Trinajstić information content (AvgIpc) is 2.48. The largest absolute Gasteiger partial charge is 0.495 e. The minimum atomic E-state index is -0.689. The van der Waals surface area contributed by atoms with Crippen molar-refractivity contribution in [3.63, 3.8) is 0 Å². The third-order valence-corrected chi connectivity index (χ3v) is 4.00. The molecule has 6 nitrogen and oxygen atoms in total. The molecule has 0 atom stereocenters. The Morgan fingerprint density at radius 3 is 2.86 bits per heavy atom. The molecule has 22 heavy (non-hydrogen) atoms. The topological polar surface area (TPSA) is 89.1 Å². The van der Waals surface area contributed by atoms with Crippen LogP contribution in [0.5, 0.6) is 5.75 Å². The number of anilines is 1. The maximum absolute atomic E-state index is 10.3. The van der Waals surface area contributed by atoms with Gasteiger partial charge in [0.05, 0.1) is 17.7 Å². The van der Waals surface area contributed by atoms with E-state index in [2.05, 4.69) is 10.3 Å². The highest BCUT2D eigenvalue weighted by Gasteiger charge is 2.28. The molecule has 122 valence electrons. The number of ether oxygens (including phenoxy) is 2. The molecule has 1 aliphatic rings. The Hall–Kier alpha value is -1.50. The zero-order chi connectivity index (χ0) is 16.0. The number of aliphatic imine (C=N–C) groups is 1. The van der Waals surface area contributed by atoms with E-state index in [1.807, 2.05) is 0 Å². The molecule has 0 saturated carbocycles. The lowest BCUT2D eigenvalue weighted by atomic mass is 9.91. The third kappa shape index (κ3) is 4.76. The van der Waals surface area contributed by atoms with Gasteiger partial charge in [0.1, 0.15) is 5.75 Å². The second-order valence-electron chi connectivity index (χ2n) is 5.33. The van der Waals surface area contributed by atoms with Gasteiger partial charge in [-0.15, -0.1) is 0 Å². The Morgan fingerprint density at radius 2 is 2.23 bits per heavy atom. The van der Waals surface area contributed by atoms with Gasteiger partial charge in [-0.2, -0.15) is 0 Å². The average molecular weight is 328 g/mol. The predicted molar refractivity (Wildman–Crippen MR) is 87.7 cm³/mol. The molecule has 0 aromatic heterocycles.